The highest BCUT2D eigenvalue weighted by Gasteiger charge is 2.53. The number of esters is 1. The first kappa shape index (κ1) is 17.1. The van der Waals surface area contributed by atoms with Gasteiger partial charge >= 0.3 is 5.97 Å². The number of carbonyl (C=O) groups is 1. The molecule has 1 N–H and O–H groups in total. The van der Waals surface area contributed by atoms with E-state index in [1.54, 1.807) is 13.0 Å². The lowest BCUT2D eigenvalue weighted by Gasteiger charge is -2.51. The number of fused-ring (bicyclic) bond motifs is 1. The summed E-state index contributed by atoms with van der Waals surface area (Å²) in [6.07, 6.45) is 3.55. The fraction of sp³-hybridized carbons (Fsp3) is 0.647. The van der Waals surface area contributed by atoms with Crippen LogP contribution in [0.3, 0.4) is 0 Å². The first-order valence-corrected chi connectivity index (χ1v) is 7.54. The lowest BCUT2D eigenvalue weighted by atomic mass is 9.58. The van der Waals surface area contributed by atoms with E-state index in [4.69, 9.17) is 4.74 Å². The molecule has 3 nitrogen and oxygen atoms in total. The lowest BCUT2D eigenvalue weighted by Crippen LogP contribution is -2.55. The summed E-state index contributed by atoms with van der Waals surface area (Å²) in [6.45, 7) is 6.35. The summed E-state index contributed by atoms with van der Waals surface area (Å²) < 4.78 is 31.2. The fourth-order valence-electron chi connectivity index (χ4n) is 3.55. The van der Waals surface area contributed by atoms with Gasteiger partial charge in [0.1, 0.15) is 6.10 Å². The maximum atomic E-state index is 13.0. The van der Waals surface area contributed by atoms with E-state index in [0.717, 1.165) is 5.57 Å². The zero-order chi connectivity index (χ0) is 16.7. The van der Waals surface area contributed by atoms with Crippen LogP contribution in [0.25, 0.3) is 0 Å². The molecule has 2 rings (SSSR count). The van der Waals surface area contributed by atoms with E-state index >= 15 is 0 Å². The maximum Gasteiger partial charge on any atom is 0.303 e. The molecule has 0 unspecified atom stereocenters. The minimum Gasteiger partial charge on any atom is -0.457 e. The Labute approximate surface area is 130 Å². The number of rotatable bonds is 2. The number of aliphatic hydroxyl groups is 1. The van der Waals surface area contributed by atoms with Crippen molar-refractivity contribution in [2.75, 3.05) is 0 Å². The van der Waals surface area contributed by atoms with Gasteiger partial charge in [-0.3, -0.25) is 4.79 Å². The zero-order valence-electron chi connectivity index (χ0n) is 13.3. The first-order chi connectivity index (χ1) is 10.2. The van der Waals surface area contributed by atoms with E-state index < -0.39 is 35.6 Å². The lowest BCUT2D eigenvalue weighted by molar-refractivity contribution is -0.147. The number of hydrogen-bond acceptors (Lipinski definition) is 3. The molecular weight excluding hydrogens is 290 g/mol. The third-order valence-electron chi connectivity index (χ3n) is 4.96. The Morgan fingerprint density at radius 3 is 2.59 bits per heavy atom. The molecule has 2 radical (unpaired) electrons. The predicted molar refractivity (Wildman–Crippen MR) is 77.8 cm³/mol. The van der Waals surface area contributed by atoms with Crippen molar-refractivity contribution < 1.29 is 23.4 Å². The van der Waals surface area contributed by atoms with Crippen LogP contribution in [0.4, 0.5) is 8.78 Å². The van der Waals surface area contributed by atoms with Crippen molar-refractivity contribution in [1.82, 2.24) is 0 Å². The van der Waals surface area contributed by atoms with Gasteiger partial charge in [-0.05, 0) is 49.7 Å². The molecule has 22 heavy (non-hydrogen) atoms. The quantitative estimate of drug-likeness (QED) is 0.627. The van der Waals surface area contributed by atoms with Crippen molar-refractivity contribution in [1.29, 1.82) is 0 Å². The van der Waals surface area contributed by atoms with Crippen molar-refractivity contribution in [2.45, 2.75) is 52.2 Å². The van der Waals surface area contributed by atoms with Gasteiger partial charge in [-0.25, -0.2) is 0 Å². The summed E-state index contributed by atoms with van der Waals surface area (Å²) in [4.78, 5) is 11.2. The van der Waals surface area contributed by atoms with Gasteiger partial charge in [0.15, 0.2) is 0 Å². The normalized spacial score (nSPS) is 37.9. The molecule has 0 spiro atoms. The molecule has 0 saturated heterocycles. The number of halogens is 2. The summed E-state index contributed by atoms with van der Waals surface area (Å²) in [6, 6.07) is 0. The molecular formula is C17H22F2O3. The van der Waals surface area contributed by atoms with Crippen LogP contribution in [-0.2, 0) is 9.53 Å². The largest absolute Gasteiger partial charge is 0.457 e. The van der Waals surface area contributed by atoms with Crippen molar-refractivity contribution in [3.63, 3.8) is 0 Å². The third kappa shape index (κ3) is 2.96. The summed E-state index contributed by atoms with van der Waals surface area (Å²) in [5.41, 5.74) is -0.623. The number of carbonyl (C=O) groups excluding carboxylic acids is 1. The second kappa shape index (κ2) is 6.11. The minimum atomic E-state index is -1.69. The van der Waals surface area contributed by atoms with Crippen molar-refractivity contribution >= 4 is 5.97 Å². The Bertz CT molecular complexity index is 522. The van der Waals surface area contributed by atoms with Crippen LogP contribution in [0.15, 0.2) is 23.3 Å². The van der Waals surface area contributed by atoms with Gasteiger partial charge in [-0.1, -0.05) is 13.0 Å². The maximum absolute atomic E-state index is 13.0. The third-order valence-corrected chi connectivity index (χ3v) is 4.96. The molecule has 0 aliphatic heterocycles. The second-order valence-electron chi connectivity index (χ2n) is 6.42. The van der Waals surface area contributed by atoms with Crippen LogP contribution in [0.1, 0.15) is 40.5 Å². The smallest absolute Gasteiger partial charge is 0.303 e. The molecule has 1 saturated carbocycles. The van der Waals surface area contributed by atoms with E-state index in [9.17, 15) is 18.7 Å². The van der Waals surface area contributed by atoms with Gasteiger partial charge in [0.05, 0.1) is 12.0 Å². The summed E-state index contributed by atoms with van der Waals surface area (Å²) >= 11 is 0. The second-order valence-corrected chi connectivity index (χ2v) is 6.42. The van der Waals surface area contributed by atoms with Gasteiger partial charge in [-0.15, -0.1) is 0 Å². The van der Waals surface area contributed by atoms with Gasteiger partial charge in [-0.2, -0.15) is 8.78 Å². The number of ether oxygens (including phenoxy) is 1. The topological polar surface area (TPSA) is 46.5 Å². The van der Waals surface area contributed by atoms with Gasteiger partial charge in [0, 0.05) is 12.8 Å². The molecule has 0 bridgehead atoms. The predicted octanol–water partition coefficient (Wildman–Crippen LogP) is 3.52. The average molecular weight is 312 g/mol. The Kier molecular flexibility index (Phi) is 4.76. The molecule has 2 aliphatic carbocycles. The first-order valence-electron chi connectivity index (χ1n) is 7.54. The molecule has 2 aliphatic rings. The van der Waals surface area contributed by atoms with Crippen molar-refractivity contribution in [3.8, 4) is 0 Å². The van der Waals surface area contributed by atoms with Crippen molar-refractivity contribution in [2.24, 2.45) is 17.8 Å². The van der Waals surface area contributed by atoms with Crippen LogP contribution in [0, 0.1) is 24.2 Å². The Balaban J connectivity index is 2.41. The minimum absolute atomic E-state index is 0.0205. The van der Waals surface area contributed by atoms with Crippen LogP contribution < -0.4 is 0 Å². The molecule has 122 valence electrons. The Morgan fingerprint density at radius 1 is 1.41 bits per heavy atom. The molecule has 0 amide bonds. The zero-order valence-corrected chi connectivity index (χ0v) is 13.3. The number of hydrogen-bond donors (Lipinski definition) is 1. The van der Waals surface area contributed by atoms with Gasteiger partial charge < -0.3 is 9.84 Å². The van der Waals surface area contributed by atoms with E-state index in [-0.39, 0.29) is 11.5 Å². The molecule has 0 aromatic carbocycles. The van der Waals surface area contributed by atoms with Crippen LogP contribution >= 0.6 is 0 Å². The summed E-state index contributed by atoms with van der Waals surface area (Å²) in [7, 11) is 0. The van der Waals surface area contributed by atoms with Crippen LogP contribution in [-0.4, -0.2) is 22.8 Å². The summed E-state index contributed by atoms with van der Waals surface area (Å²) in [5, 5.41) is 11.0. The molecule has 0 aromatic heterocycles. The molecule has 5 heteroatoms. The van der Waals surface area contributed by atoms with E-state index in [2.05, 4.69) is 6.42 Å². The standard InChI is InChI=1S/C17H22F2O3/c1-9-7-14-13(11(3)16(18)19)6-5-10(2)17(14,21)8-15(9)22-12(4)20/h7,10,13-15,21H,5-6H2,1-4H3/t10-,13+,14+,15-,17-/m1/s1. The monoisotopic (exact) mass is 312 g/mol. The summed E-state index contributed by atoms with van der Waals surface area (Å²) in [5.74, 6) is -1.48. The highest BCUT2D eigenvalue weighted by molar-refractivity contribution is 5.66. The van der Waals surface area contributed by atoms with E-state index in [1.165, 1.54) is 13.8 Å². The van der Waals surface area contributed by atoms with Crippen LogP contribution in [0.5, 0.6) is 0 Å². The average Bonchev–Trinajstić information content (AvgIpc) is 2.41. The molecule has 0 aromatic rings. The van der Waals surface area contributed by atoms with Gasteiger partial charge in [0.2, 0.25) is 0 Å². The SMILES string of the molecule is CC(=O)O[C@@H]1[C][C@@]2(O)[C@H](C)CC[C@@H](C(C)=C(F)F)[C@@H]2C=C1C. The van der Waals surface area contributed by atoms with E-state index in [1.807, 2.05) is 6.92 Å². The fourth-order valence-corrected chi connectivity index (χ4v) is 3.55. The highest BCUT2D eigenvalue weighted by atomic mass is 19.3. The molecule has 5 atom stereocenters. The molecule has 0 heterocycles. The van der Waals surface area contributed by atoms with Crippen LogP contribution in [0.2, 0.25) is 0 Å². The van der Waals surface area contributed by atoms with Crippen molar-refractivity contribution in [3.05, 3.63) is 29.7 Å². The van der Waals surface area contributed by atoms with E-state index in [0.29, 0.717) is 12.8 Å². The number of allylic oxidation sites excluding steroid dienone is 1. The highest BCUT2D eigenvalue weighted by Crippen LogP contribution is 2.51. The van der Waals surface area contributed by atoms with Gasteiger partial charge in [0.25, 0.3) is 6.08 Å². The Morgan fingerprint density at radius 2 is 2.05 bits per heavy atom. The molecule has 1 fully saturated rings. The Hall–Kier alpha value is -1.23.